The Labute approximate surface area is 119 Å². The van der Waals surface area contributed by atoms with Crippen molar-refractivity contribution in [2.75, 3.05) is 11.9 Å². The maximum absolute atomic E-state index is 12.3. The molecule has 1 aromatic heterocycles. The summed E-state index contributed by atoms with van der Waals surface area (Å²) in [6.07, 6.45) is 1.92. The molecule has 0 saturated carbocycles. The van der Waals surface area contributed by atoms with Crippen LogP contribution in [0.25, 0.3) is 0 Å². The Morgan fingerprint density at radius 2 is 2.15 bits per heavy atom. The van der Waals surface area contributed by atoms with Crippen molar-refractivity contribution in [1.29, 1.82) is 0 Å². The number of carbonyl (C=O) groups excluding carboxylic acids is 2. The minimum atomic E-state index is -0.303. The molecule has 0 spiro atoms. The smallest absolute Gasteiger partial charge is 0.230 e. The monoisotopic (exact) mass is 275 g/mol. The van der Waals surface area contributed by atoms with Crippen molar-refractivity contribution in [2.24, 2.45) is 5.92 Å². The van der Waals surface area contributed by atoms with Gasteiger partial charge in [0.15, 0.2) is 0 Å². The molecule has 108 valence electrons. The lowest BCUT2D eigenvalue weighted by Crippen LogP contribution is -2.42. The third kappa shape index (κ3) is 2.98. The topological polar surface area (TPSA) is 62.3 Å². The Hall–Kier alpha value is -1.91. The first-order valence-corrected chi connectivity index (χ1v) is 6.82. The summed E-state index contributed by atoms with van der Waals surface area (Å²) >= 11 is 0. The van der Waals surface area contributed by atoms with Crippen molar-refractivity contribution in [1.82, 2.24) is 9.88 Å². The minimum Gasteiger partial charge on any atom is -0.337 e. The Morgan fingerprint density at radius 3 is 2.70 bits per heavy atom. The van der Waals surface area contributed by atoms with Crippen molar-refractivity contribution < 1.29 is 9.59 Å². The highest BCUT2D eigenvalue weighted by molar-refractivity contribution is 5.97. The summed E-state index contributed by atoms with van der Waals surface area (Å²) in [7, 11) is 0. The summed E-state index contributed by atoms with van der Waals surface area (Å²) in [6, 6.07) is 3.72. The molecule has 2 amide bonds. The zero-order valence-corrected chi connectivity index (χ0v) is 12.4. The van der Waals surface area contributed by atoms with Crippen molar-refractivity contribution in [3.05, 3.63) is 23.9 Å². The fraction of sp³-hybridized carbons (Fsp3) is 0.533. The van der Waals surface area contributed by atoms with Gasteiger partial charge in [-0.15, -0.1) is 0 Å². The second-order valence-electron chi connectivity index (χ2n) is 6.23. The number of anilines is 1. The third-order valence-electron chi connectivity index (χ3n) is 3.56. The Bertz CT molecular complexity index is 534. The summed E-state index contributed by atoms with van der Waals surface area (Å²) in [5, 5.41) is 2.82. The van der Waals surface area contributed by atoms with Crippen LogP contribution in [0.1, 0.15) is 32.8 Å². The van der Waals surface area contributed by atoms with Crippen molar-refractivity contribution >= 4 is 17.6 Å². The molecule has 1 N–H and O–H groups in total. The molecule has 0 unspecified atom stereocenters. The summed E-state index contributed by atoms with van der Waals surface area (Å²) in [4.78, 5) is 30.2. The zero-order chi connectivity index (χ0) is 14.9. The molecule has 1 saturated heterocycles. The van der Waals surface area contributed by atoms with Gasteiger partial charge in [0.2, 0.25) is 11.8 Å². The number of aromatic nitrogens is 1. The highest BCUT2D eigenvalue weighted by Gasteiger charge is 2.39. The summed E-state index contributed by atoms with van der Waals surface area (Å²) in [5.74, 6) is 0.171. The molecule has 1 aliphatic heterocycles. The van der Waals surface area contributed by atoms with Crippen LogP contribution in [-0.4, -0.2) is 33.8 Å². The van der Waals surface area contributed by atoms with E-state index in [1.807, 2.05) is 39.8 Å². The standard InChI is InChI=1S/C15H21N3O2/c1-10-6-5-7-16-13(10)17-14(20)11-8-12(19)18(9-11)15(2,3)4/h5-7,11H,8-9H2,1-4H3,(H,16,17,20)/t11-/m1/s1. The van der Waals surface area contributed by atoms with E-state index in [0.717, 1.165) is 5.56 Å². The second-order valence-corrected chi connectivity index (χ2v) is 6.23. The largest absolute Gasteiger partial charge is 0.337 e. The lowest BCUT2D eigenvalue weighted by atomic mass is 10.1. The third-order valence-corrected chi connectivity index (χ3v) is 3.56. The van der Waals surface area contributed by atoms with Gasteiger partial charge in [0.1, 0.15) is 5.82 Å². The normalized spacial score (nSPS) is 19.3. The van der Waals surface area contributed by atoms with E-state index in [2.05, 4.69) is 10.3 Å². The van der Waals surface area contributed by atoms with Crippen molar-refractivity contribution in [3.63, 3.8) is 0 Å². The molecule has 5 nitrogen and oxygen atoms in total. The molecule has 2 rings (SSSR count). The number of likely N-dealkylation sites (tertiary alicyclic amines) is 1. The van der Waals surface area contributed by atoms with Gasteiger partial charge >= 0.3 is 0 Å². The molecule has 1 atom stereocenters. The van der Waals surface area contributed by atoms with E-state index in [9.17, 15) is 9.59 Å². The van der Waals surface area contributed by atoms with Gasteiger partial charge in [0, 0.05) is 24.7 Å². The molecule has 0 radical (unpaired) electrons. The summed E-state index contributed by atoms with van der Waals surface area (Å²) in [5.41, 5.74) is 0.672. The molecule has 0 aliphatic carbocycles. The Balaban J connectivity index is 2.05. The lowest BCUT2D eigenvalue weighted by molar-refractivity contribution is -0.131. The number of rotatable bonds is 2. The molecule has 1 fully saturated rings. The minimum absolute atomic E-state index is 0.0374. The van der Waals surface area contributed by atoms with Crippen LogP contribution in [0, 0.1) is 12.8 Å². The first-order chi connectivity index (χ1) is 9.29. The average Bonchev–Trinajstić information content (AvgIpc) is 2.74. The number of nitrogens with zero attached hydrogens (tertiary/aromatic N) is 2. The lowest BCUT2D eigenvalue weighted by Gasteiger charge is -2.31. The predicted molar refractivity (Wildman–Crippen MR) is 77.2 cm³/mol. The van der Waals surface area contributed by atoms with Crippen LogP contribution in [0.2, 0.25) is 0 Å². The van der Waals surface area contributed by atoms with Crippen molar-refractivity contribution in [2.45, 2.75) is 39.7 Å². The predicted octanol–water partition coefficient (Wildman–Crippen LogP) is 1.98. The van der Waals surface area contributed by atoms with Gasteiger partial charge in [-0.3, -0.25) is 9.59 Å². The van der Waals surface area contributed by atoms with E-state index in [-0.39, 0.29) is 29.7 Å². The molecule has 0 aromatic carbocycles. The van der Waals surface area contributed by atoms with Gasteiger partial charge in [0.05, 0.1) is 5.92 Å². The molecular formula is C15H21N3O2. The van der Waals surface area contributed by atoms with Gasteiger partial charge in [-0.25, -0.2) is 4.98 Å². The SMILES string of the molecule is Cc1cccnc1NC(=O)[C@@H]1CC(=O)N(C(C)(C)C)C1. The highest BCUT2D eigenvalue weighted by Crippen LogP contribution is 2.26. The zero-order valence-electron chi connectivity index (χ0n) is 12.4. The molecule has 5 heteroatoms. The van der Waals surface area contributed by atoms with Crippen LogP contribution >= 0.6 is 0 Å². The summed E-state index contributed by atoms with van der Waals surface area (Å²) in [6.45, 7) is 8.31. The fourth-order valence-electron chi connectivity index (χ4n) is 2.37. The molecule has 20 heavy (non-hydrogen) atoms. The van der Waals surface area contributed by atoms with Gasteiger partial charge < -0.3 is 10.2 Å². The van der Waals surface area contributed by atoms with Gasteiger partial charge in [0.25, 0.3) is 0 Å². The van der Waals surface area contributed by atoms with Crippen LogP contribution < -0.4 is 5.32 Å². The summed E-state index contributed by atoms with van der Waals surface area (Å²) < 4.78 is 0. The number of nitrogens with one attached hydrogen (secondary N) is 1. The second kappa shape index (κ2) is 5.23. The van der Waals surface area contributed by atoms with E-state index in [1.165, 1.54) is 0 Å². The molecule has 0 bridgehead atoms. The molecule has 2 heterocycles. The van der Waals surface area contributed by atoms with E-state index in [0.29, 0.717) is 12.4 Å². The number of hydrogen-bond acceptors (Lipinski definition) is 3. The van der Waals surface area contributed by atoms with E-state index in [1.54, 1.807) is 11.1 Å². The molecule has 1 aliphatic rings. The number of amides is 2. The number of carbonyl (C=O) groups is 2. The van der Waals surface area contributed by atoms with Crippen LogP contribution in [0.4, 0.5) is 5.82 Å². The Kier molecular flexibility index (Phi) is 3.79. The van der Waals surface area contributed by atoms with E-state index in [4.69, 9.17) is 0 Å². The molecular weight excluding hydrogens is 254 g/mol. The van der Waals surface area contributed by atoms with Gasteiger partial charge in [-0.05, 0) is 39.3 Å². The highest BCUT2D eigenvalue weighted by atomic mass is 16.2. The van der Waals surface area contributed by atoms with Crippen LogP contribution in [0.5, 0.6) is 0 Å². The van der Waals surface area contributed by atoms with Crippen LogP contribution in [0.3, 0.4) is 0 Å². The van der Waals surface area contributed by atoms with Gasteiger partial charge in [-0.2, -0.15) is 0 Å². The first kappa shape index (κ1) is 14.5. The van der Waals surface area contributed by atoms with Gasteiger partial charge in [-0.1, -0.05) is 6.07 Å². The maximum atomic E-state index is 12.3. The fourth-order valence-corrected chi connectivity index (χ4v) is 2.37. The Morgan fingerprint density at radius 1 is 1.45 bits per heavy atom. The van der Waals surface area contributed by atoms with Crippen LogP contribution in [-0.2, 0) is 9.59 Å². The van der Waals surface area contributed by atoms with Crippen LogP contribution in [0.15, 0.2) is 18.3 Å². The first-order valence-electron chi connectivity index (χ1n) is 6.82. The quantitative estimate of drug-likeness (QED) is 0.897. The number of pyridine rings is 1. The average molecular weight is 275 g/mol. The van der Waals surface area contributed by atoms with E-state index < -0.39 is 0 Å². The number of aryl methyl sites for hydroxylation is 1. The van der Waals surface area contributed by atoms with E-state index >= 15 is 0 Å². The molecule has 1 aromatic rings. The maximum Gasteiger partial charge on any atom is 0.230 e. The number of hydrogen-bond donors (Lipinski definition) is 1. The van der Waals surface area contributed by atoms with Crippen molar-refractivity contribution in [3.8, 4) is 0 Å².